The molecule has 0 bridgehead atoms. The SMILES string of the molecule is CCC(CC)CNC(=O)/C=C/c1ccc(C)o1. The smallest absolute Gasteiger partial charge is 0.244 e. The zero-order chi connectivity index (χ0) is 12.7. The molecule has 0 saturated heterocycles. The maximum atomic E-state index is 11.5. The highest BCUT2D eigenvalue weighted by molar-refractivity contribution is 5.91. The van der Waals surface area contributed by atoms with E-state index in [-0.39, 0.29) is 5.91 Å². The standard InChI is InChI=1S/C14H21NO2/c1-4-12(5-2)10-15-14(16)9-8-13-7-6-11(3)17-13/h6-9,12H,4-5,10H2,1-3H3,(H,15,16)/b9-8+. The number of hydrogen-bond acceptors (Lipinski definition) is 2. The van der Waals surface area contributed by atoms with Gasteiger partial charge in [-0.1, -0.05) is 26.7 Å². The van der Waals surface area contributed by atoms with Gasteiger partial charge in [-0.2, -0.15) is 0 Å². The van der Waals surface area contributed by atoms with Crippen LogP contribution in [-0.2, 0) is 4.79 Å². The summed E-state index contributed by atoms with van der Waals surface area (Å²) in [6.45, 7) is 6.90. The summed E-state index contributed by atoms with van der Waals surface area (Å²) in [5, 5.41) is 2.89. The molecule has 3 nitrogen and oxygen atoms in total. The van der Waals surface area contributed by atoms with Crippen molar-refractivity contribution in [3.8, 4) is 0 Å². The van der Waals surface area contributed by atoms with Crippen LogP contribution in [0.3, 0.4) is 0 Å². The summed E-state index contributed by atoms with van der Waals surface area (Å²) in [6, 6.07) is 3.72. The maximum absolute atomic E-state index is 11.5. The quantitative estimate of drug-likeness (QED) is 0.770. The van der Waals surface area contributed by atoms with Crippen LogP contribution in [0.15, 0.2) is 22.6 Å². The number of carbonyl (C=O) groups excluding carboxylic acids is 1. The summed E-state index contributed by atoms with van der Waals surface area (Å²) < 4.78 is 5.34. The van der Waals surface area contributed by atoms with E-state index in [1.807, 2.05) is 19.1 Å². The number of rotatable bonds is 6. The Kier molecular flexibility index (Phi) is 5.53. The molecule has 1 rings (SSSR count). The third-order valence-electron chi connectivity index (χ3n) is 2.88. The van der Waals surface area contributed by atoms with E-state index >= 15 is 0 Å². The monoisotopic (exact) mass is 235 g/mol. The van der Waals surface area contributed by atoms with E-state index in [1.54, 1.807) is 6.08 Å². The summed E-state index contributed by atoms with van der Waals surface area (Å²) in [4.78, 5) is 11.5. The van der Waals surface area contributed by atoms with Gasteiger partial charge in [0.25, 0.3) is 0 Å². The molecule has 1 N–H and O–H groups in total. The molecule has 0 saturated carbocycles. The summed E-state index contributed by atoms with van der Waals surface area (Å²) in [6.07, 6.45) is 5.39. The van der Waals surface area contributed by atoms with E-state index in [1.165, 1.54) is 6.08 Å². The summed E-state index contributed by atoms with van der Waals surface area (Å²) in [7, 11) is 0. The van der Waals surface area contributed by atoms with E-state index in [2.05, 4.69) is 19.2 Å². The van der Waals surface area contributed by atoms with Crippen molar-refractivity contribution in [3.05, 3.63) is 29.7 Å². The molecule has 0 aliphatic rings. The average Bonchev–Trinajstić information content (AvgIpc) is 2.74. The minimum atomic E-state index is -0.0639. The van der Waals surface area contributed by atoms with E-state index in [0.29, 0.717) is 11.7 Å². The molecule has 3 heteroatoms. The van der Waals surface area contributed by atoms with Crippen molar-refractivity contribution in [2.45, 2.75) is 33.6 Å². The fraction of sp³-hybridized carbons (Fsp3) is 0.500. The molecular formula is C14H21NO2. The fourth-order valence-electron chi connectivity index (χ4n) is 1.58. The minimum absolute atomic E-state index is 0.0639. The largest absolute Gasteiger partial charge is 0.462 e. The van der Waals surface area contributed by atoms with Crippen molar-refractivity contribution in [2.75, 3.05) is 6.54 Å². The first-order valence-electron chi connectivity index (χ1n) is 6.18. The molecule has 1 amide bonds. The molecule has 0 aliphatic carbocycles. The predicted molar refractivity (Wildman–Crippen MR) is 69.6 cm³/mol. The normalized spacial score (nSPS) is 11.3. The van der Waals surface area contributed by atoms with Crippen LogP contribution in [0.1, 0.15) is 38.2 Å². The average molecular weight is 235 g/mol. The Bertz CT molecular complexity index is 375. The number of hydrogen-bond donors (Lipinski definition) is 1. The Morgan fingerprint density at radius 3 is 2.65 bits per heavy atom. The van der Waals surface area contributed by atoms with Crippen LogP contribution >= 0.6 is 0 Å². The molecular weight excluding hydrogens is 214 g/mol. The second-order valence-electron chi connectivity index (χ2n) is 4.21. The Morgan fingerprint density at radius 1 is 1.41 bits per heavy atom. The molecule has 0 radical (unpaired) electrons. The fourth-order valence-corrected chi connectivity index (χ4v) is 1.58. The summed E-state index contributed by atoms with van der Waals surface area (Å²) >= 11 is 0. The Balaban J connectivity index is 2.36. The first-order chi connectivity index (χ1) is 8.15. The van der Waals surface area contributed by atoms with Gasteiger partial charge in [0.2, 0.25) is 5.91 Å². The summed E-state index contributed by atoms with van der Waals surface area (Å²) in [5.74, 6) is 2.06. The number of aryl methyl sites for hydroxylation is 1. The third kappa shape index (κ3) is 4.89. The molecule has 0 fully saturated rings. The molecule has 0 atom stereocenters. The molecule has 1 aromatic heterocycles. The van der Waals surface area contributed by atoms with E-state index in [0.717, 1.165) is 25.1 Å². The zero-order valence-electron chi connectivity index (χ0n) is 10.8. The van der Waals surface area contributed by atoms with Crippen molar-refractivity contribution >= 4 is 12.0 Å². The van der Waals surface area contributed by atoms with Crippen LogP contribution < -0.4 is 5.32 Å². The Hall–Kier alpha value is -1.51. The maximum Gasteiger partial charge on any atom is 0.244 e. The zero-order valence-corrected chi connectivity index (χ0v) is 10.8. The highest BCUT2D eigenvalue weighted by Crippen LogP contribution is 2.08. The second-order valence-corrected chi connectivity index (χ2v) is 4.21. The first kappa shape index (κ1) is 13.6. The van der Waals surface area contributed by atoms with E-state index < -0.39 is 0 Å². The van der Waals surface area contributed by atoms with Gasteiger partial charge in [-0.15, -0.1) is 0 Å². The number of nitrogens with one attached hydrogen (secondary N) is 1. The van der Waals surface area contributed by atoms with Crippen molar-refractivity contribution in [1.82, 2.24) is 5.32 Å². The first-order valence-corrected chi connectivity index (χ1v) is 6.18. The van der Waals surface area contributed by atoms with Crippen molar-refractivity contribution in [2.24, 2.45) is 5.92 Å². The van der Waals surface area contributed by atoms with Gasteiger partial charge in [0, 0.05) is 12.6 Å². The molecule has 1 heterocycles. The molecule has 0 spiro atoms. The molecule has 1 aromatic rings. The van der Waals surface area contributed by atoms with Crippen molar-refractivity contribution in [3.63, 3.8) is 0 Å². The predicted octanol–water partition coefficient (Wildman–Crippen LogP) is 3.15. The Morgan fingerprint density at radius 2 is 2.12 bits per heavy atom. The number of furan rings is 1. The lowest BCUT2D eigenvalue weighted by molar-refractivity contribution is -0.116. The van der Waals surface area contributed by atoms with E-state index in [4.69, 9.17) is 4.42 Å². The van der Waals surface area contributed by atoms with Gasteiger partial charge in [-0.05, 0) is 31.1 Å². The van der Waals surface area contributed by atoms with Gasteiger partial charge in [0.1, 0.15) is 11.5 Å². The minimum Gasteiger partial charge on any atom is -0.462 e. The molecule has 0 unspecified atom stereocenters. The lowest BCUT2D eigenvalue weighted by Crippen LogP contribution is -2.27. The van der Waals surface area contributed by atoms with Gasteiger partial charge in [0.05, 0.1) is 0 Å². The van der Waals surface area contributed by atoms with Gasteiger partial charge in [0.15, 0.2) is 0 Å². The lowest BCUT2D eigenvalue weighted by Gasteiger charge is -2.11. The van der Waals surface area contributed by atoms with Gasteiger partial charge in [-0.3, -0.25) is 4.79 Å². The van der Waals surface area contributed by atoms with Crippen LogP contribution in [0.5, 0.6) is 0 Å². The third-order valence-corrected chi connectivity index (χ3v) is 2.88. The van der Waals surface area contributed by atoms with Gasteiger partial charge >= 0.3 is 0 Å². The van der Waals surface area contributed by atoms with E-state index in [9.17, 15) is 4.79 Å². The van der Waals surface area contributed by atoms with Crippen LogP contribution in [0.4, 0.5) is 0 Å². The van der Waals surface area contributed by atoms with Crippen molar-refractivity contribution in [1.29, 1.82) is 0 Å². The van der Waals surface area contributed by atoms with Crippen molar-refractivity contribution < 1.29 is 9.21 Å². The van der Waals surface area contributed by atoms with Gasteiger partial charge < -0.3 is 9.73 Å². The highest BCUT2D eigenvalue weighted by Gasteiger charge is 2.04. The lowest BCUT2D eigenvalue weighted by atomic mass is 10.0. The summed E-state index contributed by atoms with van der Waals surface area (Å²) in [5.41, 5.74) is 0. The van der Waals surface area contributed by atoms with Crippen LogP contribution in [0.25, 0.3) is 6.08 Å². The van der Waals surface area contributed by atoms with Crippen LogP contribution in [-0.4, -0.2) is 12.5 Å². The highest BCUT2D eigenvalue weighted by atomic mass is 16.3. The topological polar surface area (TPSA) is 42.2 Å². The second kappa shape index (κ2) is 6.94. The van der Waals surface area contributed by atoms with Gasteiger partial charge in [-0.25, -0.2) is 0 Å². The molecule has 0 aliphatic heterocycles. The Labute approximate surface area is 103 Å². The molecule has 94 valence electrons. The number of amides is 1. The molecule has 0 aromatic carbocycles. The number of carbonyl (C=O) groups is 1. The van der Waals surface area contributed by atoms with Crippen LogP contribution in [0.2, 0.25) is 0 Å². The molecule has 17 heavy (non-hydrogen) atoms. The van der Waals surface area contributed by atoms with Crippen LogP contribution in [0, 0.1) is 12.8 Å².